The van der Waals surface area contributed by atoms with Gasteiger partial charge >= 0.3 is 0 Å². The van der Waals surface area contributed by atoms with Crippen LogP contribution >= 0.6 is 0 Å². The Kier molecular flexibility index (Phi) is 6.41. The van der Waals surface area contributed by atoms with E-state index in [0.29, 0.717) is 5.52 Å². The summed E-state index contributed by atoms with van der Waals surface area (Å²) in [4.78, 5) is 4.68. The van der Waals surface area contributed by atoms with Gasteiger partial charge in [0.2, 0.25) is 0 Å². The summed E-state index contributed by atoms with van der Waals surface area (Å²) in [6, 6.07) is 40.1. The van der Waals surface area contributed by atoms with Crippen LogP contribution in [0.3, 0.4) is 0 Å². The fourth-order valence-corrected chi connectivity index (χ4v) is 8.14. The van der Waals surface area contributed by atoms with E-state index in [4.69, 9.17) is 8.53 Å². The molecule has 0 radical (unpaired) electrons. The molecule has 0 spiro atoms. The maximum Gasteiger partial charge on any atom is 0.299 e. The Bertz CT molecular complexity index is 2920. The van der Waals surface area contributed by atoms with E-state index < -0.39 is 6.85 Å². The number of hydrogen-bond acceptors (Lipinski definition) is 2. The fourth-order valence-electron chi connectivity index (χ4n) is 8.14. The molecule has 3 aromatic heterocycles. The highest BCUT2D eigenvalue weighted by Crippen LogP contribution is 2.44. The van der Waals surface area contributed by atoms with Gasteiger partial charge in [0.1, 0.15) is 16.8 Å². The van der Waals surface area contributed by atoms with Gasteiger partial charge in [-0.05, 0) is 90.2 Å². The summed E-state index contributed by atoms with van der Waals surface area (Å²) < 4.78 is 35.8. The van der Waals surface area contributed by atoms with Crippen LogP contribution in [-0.4, -0.2) is 9.55 Å². The number of aromatic nitrogens is 3. The highest BCUT2D eigenvalue weighted by atomic mass is 16.3. The highest BCUT2D eigenvalue weighted by molar-refractivity contribution is 6.24. The molecule has 0 aliphatic carbocycles. The van der Waals surface area contributed by atoms with Gasteiger partial charge in [0, 0.05) is 42.5 Å². The second-order valence-electron chi connectivity index (χ2n) is 14.5. The van der Waals surface area contributed by atoms with E-state index in [0.717, 1.165) is 66.1 Å². The molecular weight excluding hydrogens is 623 g/mol. The lowest BCUT2D eigenvalue weighted by Crippen LogP contribution is -2.30. The van der Waals surface area contributed by atoms with E-state index in [1.165, 1.54) is 27.9 Å². The summed E-state index contributed by atoms with van der Waals surface area (Å²) in [6.07, 6.45) is 0. The fraction of sp³-hybridized carbons (Fsp3) is 0.191. The van der Waals surface area contributed by atoms with Gasteiger partial charge in [-0.15, -0.1) is 0 Å². The molecule has 9 rings (SSSR count). The van der Waals surface area contributed by atoms with E-state index in [9.17, 15) is 0 Å². The van der Waals surface area contributed by atoms with Gasteiger partial charge in [-0.3, -0.25) is 4.98 Å². The molecule has 0 fully saturated rings. The van der Waals surface area contributed by atoms with Gasteiger partial charge in [0.25, 0.3) is 5.82 Å². The van der Waals surface area contributed by atoms with Crippen LogP contribution in [0, 0.1) is 13.8 Å². The molecule has 250 valence electrons. The monoisotopic (exact) mass is 667 g/mol. The van der Waals surface area contributed by atoms with Crippen LogP contribution in [-0.2, 0) is 7.05 Å². The molecule has 0 saturated heterocycles. The highest BCUT2D eigenvalue weighted by Gasteiger charge is 2.34. The van der Waals surface area contributed by atoms with Crippen LogP contribution in [0.4, 0.5) is 0 Å². The molecule has 0 aliphatic rings. The quantitative estimate of drug-likeness (QED) is 0.135. The van der Waals surface area contributed by atoms with Crippen LogP contribution in [0.25, 0.3) is 82.8 Å². The van der Waals surface area contributed by atoms with Gasteiger partial charge in [-0.1, -0.05) is 100 Å². The van der Waals surface area contributed by atoms with Crippen LogP contribution in [0.1, 0.15) is 66.0 Å². The van der Waals surface area contributed by atoms with Gasteiger partial charge in [-0.2, -0.15) is 4.57 Å². The van der Waals surface area contributed by atoms with Gasteiger partial charge in [-0.25, -0.2) is 4.57 Å². The average molecular weight is 668 g/mol. The van der Waals surface area contributed by atoms with Crippen LogP contribution in [0.2, 0.25) is 0 Å². The maximum atomic E-state index is 8.01. The molecule has 0 atom stereocenters. The molecule has 3 heterocycles. The number of furan rings is 1. The van der Waals surface area contributed by atoms with E-state index in [1.807, 2.05) is 24.3 Å². The van der Waals surface area contributed by atoms with Crippen molar-refractivity contribution in [1.29, 1.82) is 0 Å². The van der Waals surface area contributed by atoms with Crippen molar-refractivity contribution in [1.82, 2.24) is 9.55 Å². The first-order valence-corrected chi connectivity index (χ1v) is 17.8. The number of benzene rings is 6. The Morgan fingerprint density at radius 1 is 0.725 bits per heavy atom. The third kappa shape index (κ3) is 4.73. The summed E-state index contributed by atoms with van der Waals surface area (Å²) in [5, 5.41) is 4.78. The minimum atomic E-state index is -2.30. The number of imidazole rings is 1. The molecule has 6 aromatic carbocycles. The average Bonchev–Trinajstić information content (AvgIpc) is 3.68. The maximum absolute atomic E-state index is 8.01. The van der Waals surface area contributed by atoms with Gasteiger partial charge in [0.15, 0.2) is 16.6 Å². The molecule has 9 aromatic rings. The summed E-state index contributed by atoms with van der Waals surface area (Å²) in [5.74, 6) is 1.56. The van der Waals surface area contributed by atoms with Crippen LogP contribution < -0.4 is 4.57 Å². The Balaban J connectivity index is 1.39. The van der Waals surface area contributed by atoms with Crippen molar-refractivity contribution in [3.8, 4) is 28.2 Å². The Morgan fingerprint density at radius 2 is 1.41 bits per heavy atom. The number of rotatable bonds is 5. The van der Waals surface area contributed by atoms with Gasteiger partial charge in [0.05, 0.1) is 12.6 Å². The second kappa shape index (κ2) is 11.7. The predicted octanol–water partition coefficient (Wildman–Crippen LogP) is 12.3. The topological polar surface area (TPSA) is 34.8 Å². The van der Waals surface area contributed by atoms with Crippen LogP contribution in [0.5, 0.6) is 0 Å². The number of hydrogen-bond donors (Lipinski definition) is 0. The number of pyridine rings is 1. The first-order chi connectivity index (χ1) is 25.9. The third-order valence-electron chi connectivity index (χ3n) is 10.6. The third-order valence-corrected chi connectivity index (χ3v) is 10.6. The van der Waals surface area contributed by atoms with E-state index >= 15 is 0 Å². The molecular formula is C47H42N3O+. The summed E-state index contributed by atoms with van der Waals surface area (Å²) >= 11 is 0. The first kappa shape index (κ1) is 28.0. The summed E-state index contributed by atoms with van der Waals surface area (Å²) in [5.41, 5.74) is 13.0. The lowest BCUT2D eigenvalue weighted by molar-refractivity contribution is -0.633. The van der Waals surface area contributed by atoms with E-state index in [1.54, 1.807) is 6.07 Å². The summed E-state index contributed by atoms with van der Waals surface area (Å²) in [7, 11) is 2.16. The molecule has 0 unspecified atom stereocenters. The zero-order valence-corrected chi connectivity index (χ0v) is 29.9. The molecule has 0 bridgehead atoms. The number of nitrogens with zero attached hydrogens (tertiary/aromatic N) is 3. The lowest BCUT2D eigenvalue weighted by atomic mass is 9.88. The van der Waals surface area contributed by atoms with Crippen LogP contribution in [0.15, 0.2) is 120 Å². The lowest BCUT2D eigenvalue weighted by Gasteiger charge is -2.21. The minimum absolute atomic E-state index is 0.0937. The number of aryl methyl sites for hydroxylation is 3. The molecule has 51 heavy (non-hydrogen) atoms. The molecule has 0 saturated carbocycles. The van der Waals surface area contributed by atoms with Gasteiger partial charge < -0.3 is 4.42 Å². The van der Waals surface area contributed by atoms with E-state index in [2.05, 4.69) is 141 Å². The number of para-hydroxylation sites is 2. The molecule has 0 aliphatic heterocycles. The SMILES string of the molecule is [2H]C([2H])([2H])c1ccc2ccc3c(ccc4oc5c(-c6n(-c7c(C(C)C)cc(-c8ccccc8)cc7C(C)C)c7ccccc7[n+]6C)c(C)ccc5c43)c2n1. The number of fused-ring (bicyclic) bond motifs is 8. The standard InChI is InChI=1S/C47H42N3O/c1-27(2)37-25-33(31-13-9-8-10-14-31)26-38(28(3)4)45(37)50-40-16-12-11-15-39(40)49(7)47(50)42-29(5)17-21-36-43-34-22-20-32-19-18-30(6)48-44(32)35(34)23-24-41(43)51-46(36)42/h8-28H,1-7H3/q+1/i6D3. The molecule has 0 N–H and O–H groups in total. The van der Waals surface area contributed by atoms with Crippen molar-refractivity contribution >= 4 is 54.6 Å². The first-order valence-electron chi connectivity index (χ1n) is 19.3. The van der Waals surface area contributed by atoms with Crippen molar-refractivity contribution < 1.29 is 13.1 Å². The minimum Gasteiger partial charge on any atom is -0.455 e. The van der Waals surface area contributed by atoms with E-state index in [-0.39, 0.29) is 17.5 Å². The van der Waals surface area contributed by atoms with Crippen molar-refractivity contribution in [2.75, 3.05) is 0 Å². The largest absolute Gasteiger partial charge is 0.455 e. The Hall–Kier alpha value is -5.74. The molecule has 4 heteroatoms. The predicted molar refractivity (Wildman–Crippen MR) is 213 cm³/mol. The van der Waals surface area contributed by atoms with Crippen molar-refractivity contribution in [3.05, 3.63) is 138 Å². The zero-order valence-electron chi connectivity index (χ0n) is 32.9. The summed E-state index contributed by atoms with van der Waals surface area (Å²) in [6.45, 7) is 9.03. The smallest absolute Gasteiger partial charge is 0.299 e. The Morgan fingerprint density at radius 3 is 2.16 bits per heavy atom. The van der Waals surface area contributed by atoms with Crippen molar-refractivity contribution in [2.24, 2.45) is 7.05 Å². The molecule has 4 nitrogen and oxygen atoms in total. The normalized spacial score (nSPS) is 13.3. The molecule has 0 amide bonds. The van der Waals surface area contributed by atoms with Crippen molar-refractivity contribution in [2.45, 2.75) is 53.3 Å². The Labute approximate surface area is 302 Å². The zero-order chi connectivity index (χ0) is 37.6. The van der Waals surface area contributed by atoms with Crippen molar-refractivity contribution in [3.63, 3.8) is 0 Å². The second-order valence-corrected chi connectivity index (χ2v) is 14.5.